The number of anilines is 1. The van der Waals surface area contributed by atoms with Crippen molar-refractivity contribution >= 4 is 23.6 Å². The molecule has 0 saturated heterocycles. The molecule has 8 nitrogen and oxygen atoms in total. The molecule has 0 aliphatic rings. The van der Waals surface area contributed by atoms with E-state index in [9.17, 15) is 19.5 Å². The zero-order valence-corrected chi connectivity index (χ0v) is 19.1. The summed E-state index contributed by atoms with van der Waals surface area (Å²) in [6.07, 6.45) is -0.834. The molecule has 32 heavy (non-hydrogen) atoms. The third-order valence-electron chi connectivity index (χ3n) is 4.67. The third kappa shape index (κ3) is 6.81. The van der Waals surface area contributed by atoms with E-state index in [4.69, 9.17) is 4.74 Å². The molecule has 2 aromatic carbocycles. The van der Waals surface area contributed by atoms with Crippen LogP contribution in [-0.4, -0.2) is 53.2 Å². The molecule has 3 N–H and O–H groups in total. The molecule has 0 bridgehead atoms. The highest BCUT2D eigenvalue weighted by atomic mass is 16.6. The van der Waals surface area contributed by atoms with E-state index in [-0.39, 0.29) is 0 Å². The molecule has 0 spiro atoms. The molecule has 172 valence electrons. The molecule has 0 aliphatic heterocycles. The Kier molecular flexibility index (Phi) is 8.37. The Hall–Kier alpha value is -3.39. The molecule has 0 heterocycles. The molecule has 2 aromatic rings. The van der Waals surface area contributed by atoms with E-state index in [1.807, 2.05) is 31.2 Å². The molecule has 0 aromatic heterocycles. The van der Waals surface area contributed by atoms with E-state index in [0.717, 1.165) is 5.56 Å². The molecule has 2 unspecified atom stereocenters. The zero-order chi connectivity index (χ0) is 23.9. The fourth-order valence-corrected chi connectivity index (χ4v) is 3.11. The molecule has 0 saturated carbocycles. The van der Waals surface area contributed by atoms with Crippen molar-refractivity contribution in [2.24, 2.45) is 0 Å². The number of rotatable bonds is 7. The number of benzene rings is 2. The van der Waals surface area contributed by atoms with Gasteiger partial charge in [0.25, 0.3) is 5.91 Å². The number of hydrogen-bond donors (Lipinski definition) is 3. The van der Waals surface area contributed by atoms with Crippen molar-refractivity contribution < 1.29 is 24.2 Å². The first kappa shape index (κ1) is 24.9. The number of likely N-dealkylation sites (N-methyl/N-ethyl adjacent to an activating group) is 1. The molecule has 2 rings (SSSR count). The molecule has 8 heteroatoms. The Morgan fingerprint density at radius 2 is 1.62 bits per heavy atom. The highest BCUT2D eigenvalue weighted by Gasteiger charge is 2.34. The number of carbonyl (C=O) groups excluding carboxylic acids is 3. The normalized spacial score (nSPS) is 12.9. The van der Waals surface area contributed by atoms with Crippen molar-refractivity contribution in [3.8, 4) is 0 Å². The monoisotopic (exact) mass is 441 g/mol. The minimum atomic E-state index is -1.27. The highest BCUT2D eigenvalue weighted by molar-refractivity contribution is 5.99. The fourth-order valence-electron chi connectivity index (χ4n) is 3.11. The SMILES string of the molecule is Cc1ccccc1NC(=O)C(c1ccccc1)N(C)C(=O)C(CO)NC(=O)OC(C)(C)C. The van der Waals surface area contributed by atoms with E-state index in [0.29, 0.717) is 11.3 Å². The summed E-state index contributed by atoms with van der Waals surface area (Å²) in [7, 11) is 1.46. The van der Waals surface area contributed by atoms with Gasteiger partial charge < -0.3 is 25.4 Å². The molecule has 0 fully saturated rings. The number of nitrogens with zero attached hydrogens (tertiary/aromatic N) is 1. The number of carbonyl (C=O) groups is 3. The van der Waals surface area contributed by atoms with Crippen LogP contribution in [0.25, 0.3) is 0 Å². The first-order chi connectivity index (χ1) is 15.0. The molecule has 0 radical (unpaired) electrons. The van der Waals surface area contributed by atoms with Crippen LogP contribution in [0.1, 0.15) is 37.9 Å². The van der Waals surface area contributed by atoms with Crippen molar-refractivity contribution in [3.05, 3.63) is 65.7 Å². The smallest absolute Gasteiger partial charge is 0.408 e. The second-order valence-electron chi connectivity index (χ2n) is 8.45. The van der Waals surface area contributed by atoms with Crippen molar-refractivity contribution in [1.29, 1.82) is 0 Å². The van der Waals surface area contributed by atoms with Gasteiger partial charge in [-0.2, -0.15) is 0 Å². The van der Waals surface area contributed by atoms with Crippen LogP contribution >= 0.6 is 0 Å². The van der Waals surface area contributed by atoms with Gasteiger partial charge in [0.1, 0.15) is 17.7 Å². The fraction of sp³-hybridized carbons (Fsp3) is 0.375. The molecular formula is C24H31N3O5. The summed E-state index contributed by atoms with van der Waals surface area (Å²) < 4.78 is 5.17. The van der Waals surface area contributed by atoms with Gasteiger partial charge in [0.05, 0.1) is 6.61 Å². The number of ether oxygens (including phenoxy) is 1. The first-order valence-electron chi connectivity index (χ1n) is 10.3. The number of aliphatic hydroxyl groups is 1. The van der Waals surface area contributed by atoms with E-state index < -0.39 is 42.2 Å². The summed E-state index contributed by atoms with van der Waals surface area (Å²) in [5, 5.41) is 15.0. The number of aryl methyl sites for hydroxylation is 1. The number of nitrogens with one attached hydrogen (secondary N) is 2. The lowest BCUT2D eigenvalue weighted by Crippen LogP contribution is -2.52. The average molecular weight is 442 g/mol. The predicted octanol–water partition coefficient (Wildman–Crippen LogP) is 3.02. The zero-order valence-electron chi connectivity index (χ0n) is 19.1. The van der Waals surface area contributed by atoms with Crippen molar-refractivity contribution in [2.45, 2.75) is 45.4 Å². The standard InChI is InChI=1S/C24H31N3O5/c1-16-11-9-10-14-18(16)25-21(29)20(17-12-7-6-8-13-17)27(5)22(30)19(15-28)26-23(31)32-24(2,3)4/h6-14,19-20,28H,15H2,1-5H3,(H,25,29)(H,26,31). The minimum Gasteiger partial charge on any atom is -0.444 e. The quantitative estimate of drug-likeness (QED) is 0.612. The number of aliphatic hydroxyl groups excluding tert-OH is 1. The van der Waals surface area contributed by atoms with Gasteiger partial charge in [-0.1, -0.05) is 48.5 Å². The lowest BCUT2D eigenvalue weighted by atomic mass is 10.0. The maximum atomic E-state index is 13.3. The maximum absolute atomic E-state index is 13.3. The van der Waals surface area contributed by atoms with E-state index in [1.165, 1.54) is 11.9 Å². The van der Waals surface area contributed by atoms with Crippen LogP contribution in [0.2, 0.25) is 0 Å². The summed E-state index contributed by atoms with van der Waals surface area (Å²) in [6, 6.07) is 13.9. The summed E-state index contributed by atoms with van der Waals surface area (Å²) in [5.41, 5.74) is 1.33. The number of para-hydroxylation sites is 1. The Balaban J connectivity index is 2.28. The average Bonchev–Trinajstić information content (AvgIpc) is 2.72. The van der Waals surface area contributed by atoms with Crippen LogP contribution in [0, 0.1) is 6.92 Å². The Morgan fingerprint density at radius 3 is 2.19 bits per heavy atom. The summed E-state index contributed by atoms with van der Waals surface area (Å²) in [5.74, 6) is -1.05. The van der Waals surface area contributed by atoms with Crippen LogP contribution in [-0.2, 0) is 14.3 Å². The largest absolute Gasteiger partial charge is 0.444 e. The minimum absolute atomic E-state index is 0.421. The summed E-state index contributed by atoms with van der Waals surface area (Å²) >= 11 is 0. The lowest BCUT2D eigenvalue weighted by Gasteiger charge is -2.31. The molecular weight excluding hydrogens is 410 g/mol. The van der Waals surface area contributed by atoms with Gasteiger partial charge >= 0.3 is 6.09 Å². The second-order valence-corrected chi connectivity index (χ2v) is 8.45. The summed E-state index contributed by atoms with van der Waals surface area (Å²) in [6.45, 7) is 6.29. The van der Waals surface area contributed by atoms with Gasteiger partial charge in [0, 0.05) is 12.7 Å². The van der Waals surface area contributed by atoms with E-state index in [1.54, 1.807) is 51.1 Å². The molecule has 2 atom stereocenters. The van der Waals surface area contributed by atoms with Gasteiger partial charge in [-0.15, -0.1) is 0 Å². The van der Waals surface area contributed by atoms with E-state index in [2.05, 4.69) is 10.6 Å². The van der Waals surface area contributed by atoms with Crippen LogP contribution < -0.4 is 10.6 Å². The Bertz CT molecular complexity index is 940. The molecule has 3 amide bonds. The maximum Gasteiger partial charge on any atom is 0.408 e. The number of hydrogen-bond acceptors (Lipinski definition) is 5. The Morgan fingerprint density at radius 1 is 1.03 bits per heavy atom. The number of alkyl carbamates (subject to hydrolysis) is 1. The third-order valence-corrected chi connectivity index (χ3v) is 4.67. The van der Waals surface area contributed by atoms with Crippen LogP contribution in [0.15, 0.2) is 54.6 Å². The van der Waals surface area contributed by atoms with Crippen molar-refractivity contribution in [3.63, 3.8) is 0 Å². The predicted molar refractivity (Wildman–Crippen MR) is 122 cm³/mol. The second kappa shape index (κ2) is 10.8. The van der Waals surface area contributed by atoms with Gasteiger partial charge in [0.15, 0.2) is 0 Å². The van der Waals surface area contributed by atoms with E-state index >= 15 is 0 Å². The van der Waals surface area contributed by atoms with Gasteiger partial charge in [-0.05, 0) is 44.9 Å². The highest BCUT2D eigenvalue weighted by Crippen LogP contribution is 2.24. The first-order valence-corrected chi connectivity index (χ1v) is 10.3. The van der Waals surface area contributed by atoms with Gasteiger partial charge in [-0.25, -0.2) is 4.79 Å². The number of amides is 3. The summed E-state index contributed by atoms with van der Waals surface area (Å²) in [4.78, 5) is 39.7. The van der Waals surface area contributed by atoms with Gasteiger partial charge in [-0.3, -0.25) is 9.59 Å². The lowest BCUT2D eigenvalue weighted by molar-refractivity contribution is -0.139. The van der Waals surface area contributed by atoms with Crippen LogP contribution in [0.3, 0.4) is 0 Å². The van der Waals surface area contributed by atoms with Gasteiger partial charge in [0.2, 0.25) is 5.91 Å². The van der Waals surface area contributed by atoms with Crippen LogP contribution in [0.5, 0.6) is 0 Å². The van der Waals surface area contributed by atoms with Crippen LogP contribution in [0.4, 0.5) is 10.5 Å². The topological polar surface area (TPSA) is 108 Å². The Labute approximate surface area is 188 Å². The van der Waals surface area contributed by atoms with Crippen molar-refractivity contribution in [1.82, 2.24) is 10.2 Å². The van der Waals surface area contributed by atoms with Crippen molar-refractivity contribution in [2.75, 3.05) is 19.0 Å². The molecule has 0 aliphatic carbocycles.